The minimum Gasteiger partial charge on any atom is -0.371 e. The Morgan fingerprint density at radius 1 is 1.03 bits per heavy atom. The number of carbonyl (C=O) groups is 1. The van der Waals surface area contributed by atoms with Crippen LogP contribution in [0.2, 0.25) is 0 Å². The third kappa shape index (κ3) is 4.53. The highest BCUT2D eigenvalue weighted by atomic mass is 19.4. The molecule has 4 nitrogen and oxygen atoms in total. The average Bonchev–Trinajstić information content (AvgIpc) is 3.33. The molecule has 0 saturated carbocycles. The van der Waals surface area contributed by atoms with Crippen molar-refractivity contribution in [2.24, 2.45) is 5.92 Å². The van der Waals surface area contributed by atoms with Crippen molar-refractivity contribution in [1.29, 1.82) is 0 Å². The minimum absolute atomic E-state index is 0.0403. The van der Waals surface area contributed by atoms with E-state index in [-0.39, 0.29) is 29.5 Å². The van der Waals surface area contributed by atoms with E-state index in [4.69, 9.17) is 4.74 Å². The quantitative estimate of drug-likeness (QED) is 0.607. The predicted octanol–water partition coefficient (Wildman–Crippen LogP) is 4.97. The number of halogens is 6. The van der Waals surface area contributed by atoms with Crippen LogP contribution in [-0.2, 0) is 34.0 Å². The van der Waals surface area contributed by atoms with Crippen LogP contribution in [0.3, 0.4) is 0 Å². The lowest BCUT2D eigenvalue weighted by Crippen LogP contribution is -2.45. The van der Waals surface area contributed by atoms with Crippen LogP contribution in [0.15, 0.2) is 48.5 Å². The Bertz CT molecular complexity index is 1020. The first-order valence-electron chi connectivity index (χ1n) is 10.8. The molecule has 2 aromatic carbocycles. The molecule has 2 aliphatic heterocycles. The maximum atomic E-state index is 13.2. The second-order valence-electron chi connectivity index (χ2n) is 9.08. The number of benzene rings is 2. The van der Waals surface area contributed by atoms with Gasteiger partial charge < -0.3 is 15.0 Å². The average molecular weight is 486 g/mol. The van der Waals surface area contributed by atoms with Gasteiger partial charge in [0.05, 0.1) is 35.3 Å². The van der Waals surface area contributed by atoms with Crippen LogP contribution < -0.4 is 5.32 Å². The largest absolute Gasteiger partial charge is 0.416 e. The fourth-order valence-corrected chi connectivity index (χ4v) is 5.08. The lowest BCUT2D eigenvalue weighted by molar-refractivity contribution is -0.143. The molecule has 0 aliphatic carbocycles. The van der Waals surface area contributed by atoms with Crippen molar-refractivity contribution in [3.63, 3.8) is 0 Å². The van der Waals surface area contributed by atoms with Gasteiger partial charge in [-0.3, -0.25) is 4.79 Å². The topological polar surface area (TPSA) is 41.6 Å². The van der Waals surface area contributed by atoms with E-state index in [1.165, 1.54) is 4.90 Å². The molecule has 1 N–H and O–H groups in total. The lowest BCUT2D eigenvalue weighted by Gasteiger charge is -2.37. The van der Waals surface area contributed by atoms with Gasteiger partial charge in [-0.05, 0) is 42.2 Å². The number of nitrogens with zero attached hydrogens (tertiary/aromatic N) is 1. The minimum atomic E-state index is -4.92. The summed E-state index contributed by atoms with van der Waals surface area (Å²) in [4.78, 5) is 14.2. The maximum absolute atomic E-state index is 13.2. The van der Waals surface area contributed by atoms with E-state index in [1.807, 2.05) is 30.3 Å². The molecule has 2 aromatic rings. The molecule has 10 heteroatoms. The summed E-state index contributed by atoms with van der Waals surface area (Å²) in [6.45, 7) is -0.424. The highest BCUT2D eigenvalue weighted by Gasteiger charge is 2.59. The van der Waals surface area contributed by atoms with E-state index in [0.29, 0.717) is 25.0 Å². The van der Waals surface area contributed by atoms with Gasteiger partial charge in [0, 0.05) is 20.1 Å². The molecule has 2 bridgehead atoms. The predicted molar refractivity (Wildman–Crippen MR) is 111 cm³/mol. The Morgan fingerprint density at radius 3 is 2.15 bits per heavy atom. The van der Waals surface area contributed by atoms with Crippen LogP contribution in [0.4, 0.5) is 26.3 Å². The van der Waals surface area contributed by atoms with Gasteiger partial charge in [0.15, 0.2) is 0 Å². The Labute approximate surface area is 192 Å². The number of ether oxygens (including phenoxy) is 1. The van der Waals surface area contributed by atoms with Gasteiger partial charge in [0.1, 0.15) is 0 Å². The molecule has 1 amide bonds. The van der Waals surface area contributed by atoms with Gasteiger partial charge in [0.2, 0.25) is 5.91 Å². The summed E-state index contributed by atoms with van der Waals surface area (Å²) in [6.07, 6.45) is -9.55. The Kier molecular flexibility index (Phi) is 6.18. The number of carbonyl (C=O) groups excluding carboxylic acids is 1. The van der Waals surface area contributed by atoms with Crippen molar-refractivity contribution in [2.75, 3.05) is 14.1 Å². The third-order valence-corrected chi connectivity index (χ3v) is 6.63. The summed E-state index contributed by atoms with van der Waals surface area (Å²) in [6, 6.07) is 10.5. The summed E-state index contributed by atoms with van der Waals surface area (Å²) in [5.74, 6) is -0.345. The van der Waals surface area contributed by atoms with Crippen LogP contribution >= 0.6 is 0 Å². The monoisotopic (exact) mass is 486 g/mol. The zero-order valence-corrected chi connectivity index (χ0v) is 18.5. The van der Waals surface area contributed by atoms with E-state index in [0.717, 1.165) is 5.56 Å². The number of nitrogens with one attached hydrogen (secondary N) is 1. The zero-order valence-electron chi connectivity index (χ0n) is 18.5. The summed E-state index contributed by atoms with van der Waals surface area (Å²) in [7, 11) is 3.34. The molecule has 4 atom stereocenters. The number of hydrogen-bond donors (Lipinski definition) is 1. The number of fused-ring (bicyclic) bond motifs is 2. The van der Waals surface area contributed by atoms with E-state index in [9.17, 15) is 31.1 Å². The number of amides is 1. The molecule has 2 saturated heterocycles. The van der Waals surface area contributed by atoms with Gasteiger partial charge in [0.25, 0.3) is 0 Å². The fraction of sp³-hybridized carbons (Fsp3) is 0.458. The molecule has 0 aromatic heterocycles. The first kappa shape index (κ1) is 24.5. The number of alkyl halides is 6. The van der Waals surface area contributed by atoms with Gasteiger partial charge in [-0.15, -0.1) is 0 Å². The van der Waals surface area contributed by atoms with Crippen LogP contribution in [-0.4, -0.2) is 37.0 Å². The second-order valence-corrected chi connectivity index (χ2v) is 9.08. The Morgan fingerprint density at radius 2 is 1.62 bits per heavy atom. The van der Waals surface area contributed by atoms with Crippen molar-refractivity contribution in [2.45, 2.75) is 49.5 Å². The molecule has 4 unspecified atom stereocenters. The van der Waals surface area contributed by atoms with Crippen LogP contribution in [0.1, 0.15) is 35.1 Å². The summed E-state index contributed by atoms with van der Waals surface area (Å²) < 4.78 is 85.3. The fourth-order valence-electron chi connectivity index (χ4n) is 5.08. The number of hydrogen-bond acceptors (Lipinski definition) is 3. The van der Waals surface area contributed by atoms with Crippen molar-refractivity contribution < 1.29 is 35.9 Å². The zero-order chi connectivity index (χ0) is 24.9. The molecule has 2 aliphatic rings. The molecule has 2 fully saturated rings. The van der Waals surface area contributed by atoms with Crippen LogP contribution in [0.5, 0.6) is 0 Å². The van der Waals surface area contributed by atoms with E-state index in [1.54, 1.807) is 14.1 Å². The van der Waals surface area contributed by atoms with Crippen molar-refractivity contribution in [3.05, 3.63) is 70.8 Å². The first-order valence-corrected chi connectivity index (χ1v) is 10.8. The number of rotatable bonds is 5. The van der Waals surface area contributed by atoms with Gasteiger partial charge in [-0.2, -0.15) is 26.3 Å². The summed E-state index contributed by atoms with van der Waals surface area (Å²) in [5.41, 5.74) is -2.87. The Hall–Kier alpha value is -2.59. The van der Waals surface area contributed by atoms with E-state index in [2.05, 4.69) is 5.32 Å². The molecule has 184 valence electrons. The van der Waals surface area contributed by atoms with Gasteiger partial charge >= 0.3 is 12.4 Å². The highest BCUT2D eigenvalue weighted by Crippen LogP contribution is 2.50. The van der Waals surface area contributed by atoms with Crippen molar-refractivity contribution in [3.8, 4) is 0 Å². The van der Waals surface area contributed by atoms with Crippen LogP contribution in [0, 0.1) is 5.92 Å². The van der Waals surface area contributed by atoms with Crippen LogP contribution in [0.25, 0.3) is 0 Å². The molecule has 0 radical (unpaired) electrons. The molecule has 2 heterocycles. The second kappa shape index (κ2) is 8.57. The molecular formula is C24H24F6N2O2. The third-order valence-electron chi connectivity index (χ3n) is 6.63. The first-order chi connectivity index (χ1) is 15.8. The summed E-state index contributed by atoms with van der Waals surface area (Å²) >= 11 is 0. The van der Waals surface area contributed by atoms with Crippen molar-refractivity contribution in [1.82, 2.24) is 10.2 Å². The standard InChI is InChI=1S/C24H24F6N2O2/c1-32(2)21(33)18-12-22(15-6-4-3-5-7-15)20(11-19(18)31-22)34-13-14-8-16(23(25,26)27)10-17(9-14)24(28,29)30/h3-10,18-20,31H,11-13H2,1-2H3. The molecule has 0 spiro atoms. The molecular weight excluding hydrogens is 462 g/mol. The molecule has 4 rings (SSSR count). The van der Waals surface area contributed by atoms with Gasteiger partial charge in [-0.25, -0.2) is 0 Å². The summed E-state index contributed by atoms with van der Waals surface area (Å²) in [5, 5.41) is 3.47. The maximum Gasteiger partial charge on any atom is 0.416 e. The highest BCUT2D eigenvalue weighted by molar-refractivity contribution is 5.80. The van der Waals surface area contributed by atoms with E-state index >= 15 is 0 Å². The van der Waals surface area contributed by atoms with Gasteiger partial charge in [-0.1, -0.05) is 30.3 Å². The van der Waals surface area contributed by atoms with E-state index < -0.39 is 41.7 Å². The van der Waals surface area contributed by atoms with Crippen molar-refractivity contribution >= 4 is 5.91 Å². The Balaban J connectivity index is 1.62. The lowest BCUT2D eigenvalue weighted by atomic mass is 9.74. The molecule has 34 heavy (non-hydrogen) atoms. The normalized spacial score (nSPS) is 26.6. The smallest absolute Gasteiger partial charge is 0.371 e. The SMILES string of the molecule is CN(C)C(=O)C1CC2(c3ccccc3)NC1CC2OCc1cc(C(F)(F)F)cc(C(F)(F)F)c1.